The van der Waals surface area contributed by atoms with Crippen LogP contribution in [0.2, 0.25) is 5.31 Å². The third kappa shape index (κ3) is 5.27. The van der Waals surface area contributed by atoms with Crippen molar-refractivity contribution in [3.63, 3.8) is 0 Å². The Morgan fingerprint density at radius 1 is 1.13 bits per heavy atom. The van der Waals surface area contributed by atoms with Gasteiger partial charge in [-0.15, -0.1) is 0 Å². The maximum absolute atomic E-state index is 2.61. The van der Waals surface area contributed by atoms with Crippen molar-refractivity contribution in [2.24, 2.45) is 35.0 Å². The molecule has 136 valence electrons. The van der Waals surface area contributed by atoms with Crippen LogP contribution in [-0.4, -0.2) is 7.85 Å². The molecular weight excluding hydrogens is 275 g/mol. The molecule has 1 saturated carbocycles. The maximum Gasteiger partial charge on any atom is 0.109 e. The van der Waals surface area contributed by atoms with Crippen LogP contribution in [0.3, 0.4) is 0 Å². The van der Waals surface area contributed by atoms with E-state index in [0.717, 1.165) is 29.6 Å². The van der Waals surface area contributed by atoms with Crippen LogP contribution in [-0.2, 0) is 0 Å². The fraction of sp³-hybridized carbons (Fsp3) is 1.00. The Hall–Kier alpha value is 0.0649. The monoisotopic (exact) mass is 320 g/mol. The molecule has 1 rings (SSSR count). The Morgan fingerprint density at radius 3 is 2.13 bits per heavy atom. The number of rotatable bonds is 8. The van der Waals surface area contributed by atoms with Crippen molar-refractivity contribution < 1.29 is 0 Å². The van der Waals surface area contributed by atoms with Gasteiger partial charge in [-0.2, -0.15) is 0 Å². The van der Waals surface area contributed by atoms with Gasteiger partial charge in [0.2, 0.25) is 0 Å². The second-order valence-electron chi connectivity index (χ2n) is 10.4. The molecular formula is C22H45B. The van der Waals surface area contributed by atoms with Crippen LogP contribution in [0, 0.1) is 35.0 Å². The minimum Gasteiger partial charge on any atom is -0.0667 e. The first kappa shape index (κ1) is 21.1. The summed E-state index contributed by atoms with van der Waals surface area (Å²) in [6, 6.07) is 0. The van der Waals surface area contributed by atoms with Gasteiger partial charge >= 0.3 is 0 Å². The Morgan fingerprint density at radius 2 is 1.70 bits per heavy atom. The van der Waals surface area contributed by atoms with E-state index in [1.807, 2.05) is 0 Å². The van der Waals surface area contributed by atoms with Crippen molar-refractivity contribution >= 4 is 7.85 Å². The molecule has 0 aliphatic heterocycles. The average Bonchev–Trinajstić information content (AvgIpc) is 2.36. The highest BCUT2D eigenvalue weighted by molar-refractivity contribution is 6.15. The summed E-state index contributed by atoms with van der Waals surface area (Å²) < 4.78 is 0. The molecule has 0 aromatic carbocycles. The van der Waals surface area contributed by atoms with Crippen LogP contribution < -0.4 is 0 Å². The lowest BCUT2D eigenvalue weighted by Crippen LogP contribution is -2.37. The summed E-state index contributed by atoms with van der Waals surface area (Å²) in [7, 11) is 2.53. The lowest BCUT2D eigenvalue weighted by Gasteiger charge is -2.48. The summed E-state index contributed by atoms with van der Waals surface area (Å²) >= 11 is 0. The summed E-state index contributed by atoms with van der Waals surface area (Å²) in [4.78, 5) is 0. The zero-order valence-electron chi connectivity index (χ0n) is 17.8. The van der Waals surface area contributed by atoms with Gasteiger partial charge in [0, 0.05) is 0 Å². The summed E-state index contributed by atoms with van der Waals surface area (Å²) in [6.45, 7) is 19.8. The molecule has 0 aromatic rings. The molecule has 0 aromatic heterocycles. The van der Waals surface area contributed by atoms with Gasteiger partial charge in [0.05, 0.1) is 0 Å². The van der Waals surface area contributed by atoms with E-state index >= 15 is 0 Å². The van der Waals surface area contributed by atoms with E-state index in [1.54, 1.807) is 0 Å². The fourth-order valence-corrected chi connectivity index (χ4v) is 6.61. The molecule has 0 heterocycles. The molecule has 1 fully saturated rings. The third-order valence-corrected chi connectivity index (χ3v) is 7.26. The lowest BCUT2D eigenvalue weighted by molar-refractivity contribution is 0.0492. The summed E-state index contributed by atoms with van der Waals surface area (Å²) in [5.41, 5.74) is 0.518. The van der Waals surface area contributed by atoms with Gasteiger partial charge < -0.3 is 0 Å². The summed E-state index contributed by atoms with van der Waals surface area (Å²) in [5.74, 6) is 4.28. The number of hydrogen-bond acceptors (Lipinski definition) is 0. The predicted molar refractivity (Wildman–Crippen MR) is 109 cm³/mol. The first-order chi connectivity index (χ1) is 10.5. The van der Waals surface area contributed by atoms with Crippen molar-refractivity contribution in [1.29, 1.82) is 0 Å². The fourth-order valence-electron chi connectivity index (χ4n) is 6.61. The third-order valence-electron chi connectivity index (χ3n) is 7.26. The van der Waals surface area contributed by atoms with Crippen molar-refractivity contribution in [1.82, 2.24) is 0 Å². The molecule has 1 aliphatic carbocycles. The first-order valence-corrected chi connectivity index (χ1v) is 10.5. The van der Waals surface area contributed by atoms with Crippen molar-refractivity contribution in [2.45, 2.75) is 106 Å². The largest absolute Gasteiger partial charge is 0.109 e. The van der Waals surface area contributed by atoms with E-state index in [4.69, 9.17) is 0 Å². The van der Waals surface area contributed by atoms with Crippen LogP contribution in [0.25, 0.3) is 0 Å². The van der Waals surface area contributed by atoms with E-state index in [0.29, 0.717) is 10.7 Å². The normalized spacial score (nSPS) is 31.8. The molecule has 0 saturated heterocycles. The molecule has 23 heavy (non-hydrogen) atoms. The smallest absolute Gasteiger partial charge is 0.0667 e. The van der Waals surface area contributed by atoms with Crippen LogP contribution in [0.1, 0.15) is 100 Å². The minimum absolute atomic E-state index is 0.518. The van der Waals surface area contributed by atoms with Crippen LogP contribution >= 0.6 is 0 Å². The van der Waals surface area contributed by atoms with E-state index in [-0.39, 0.29) is 0 Å². The van der Waals surface area contributed by atoms with Crippen LogP contribution in [0.5, 0.6) is 0 Å². The number of hydrogen-bond donors (Lipinski definition) is 0. The standard InChI is InChI=1S/C22H45B/c1-9-13-21(7,20(16(2)3)17(4)5)15-12-19-18(6)11-10-14-22(19,8)23/h16-20H,9-15,23H2,1-8H3. The first-order valence-electron chi connectivity index (χ1n) is 10.5. The molecule has 0 spiro atoms. The van der Waals surface area contributed by atoms with Gasteiger partial charge in [0.1, 0.15) is 7.85 Å². The van der Waals surface area contributed by atoms with E-state index in [1.165, 1.54) is 44.9 Å². The Kier molecular flexibility index (Phi) is 7.74. The zero-order chi connectivity index (χ0) is 17.8. The molecule has 0 amide bonds. The summed E-state index contributed by atoms with van der Waals surface area (Å²) in [5, 5.41) is 0.552. The molecule has 0 N–H and O–H groups in total. The Labute approximate surface area is 149 Å². The van der Waals surface area contributed by atoms with E-state index in [9.17, 15) is 0 Å². The molecule has 0 radical (unpaired) electrons. The van der Waals surface area contributed by atoms with E-state index in [2.05, 4.69) is 63.2 Å². The van der Waals surface area contributed by atoms with E-state index < -0.39 is 0 Å². The summed E-state index contributed by atoms with van der Waals surface area (Å²) in [6.07, 6.45) is 9.94. The van der Waals surface area contributed by atoms with Crippen LogP contribution in [0.15, 0.2) is 0 Å². The molecule has 1 aliphatic rings. The van der Waals surface area contributed by atoms with Gasteiger partial charge in [-0.25, -0.2) is 0 Å². The van der Waals surface area contributed by atoms with Gasteiger partial charge in [0.15, 0.2) is 0 Å². The molecule has 1 heteroatoms. The minimum atomic E-state index is 0.518. The van der Waals surface area contributed by atoms with Crippen molar-refractivity contribution in [3.05, 3.63) is 0 Å². The van der Waals surface area contributed by atoms with Gasteiger partial charge in [0.25, 0.3) is 0 Å². The maximum atomic E-state index is 2.61. The Bertz CT molecular complexity index is 336. The second-order valence-corrected chi connectivity index (χ2v) is 10.4. The second kappa shape index (κ2) is 8.44. The highest BCUT2D eigenvalue weighted by Crippen LogP contribution is 2.53. The predicted octanol–water partition coefficient (Wildman–Crippen LogP) is 6.75. The quantitative estimate of drug-likeness (QED) is 0.434. The molecule has 0 nitrogen and oxygen atoms in total. The van der Waals surface area contributed by atoms with Gasteiger partial charge in [-0.1, -0.05) is 86.4 Å². The molecule has 4 atom stereocenters. The topological polar surface area (TPSA) is 0 Å². The lowest BCUT2D eigenvalue weighted by atomic mass is 9.51. The van der Waals surface area contributed by atoms with Gasteiger partial charge in [-0.05, 0) is 54.3 Å². The molecule has 4 unspecified atom stereocenters. The average molecular weight is 320 g/mol. The SMILES string of the molecule is BC1(C)CCCC(C)C1CCC(C)(CCC)C(C(C)C)C(C)C. The van der Waals surface area contributed by atoms with Crippen molar-refractivity contribution in [2.75, 3.05) is 0 Å². The van der Waals surface area contributed by atoms with Crippen molar-refractivity contribution in [3.8, 4) is 0 Å². The zero-order valence-corrected chi connectivity index (χ0v) is 17.8. The highest BCUT2D eigenvalue weighted by Gasteiger charge is 2.41. The van der Waals surface area contributed by atoms with Gasteiger partial charge in [-0.3, -0.25) is 0 Å². The highest BCUT2D eigenvalue weighted by atomic mass is 14.4. The Balaban J connectivity index is 2.90. The van der Waals surface area contributed by atoms with Crippen LogP contribution in [0.4, 0.5) is 0 Å². The molecule has 0 bridgehead atoms.